The van der Waals surface area contributed by atoms with E-state index in [0.717, 1.165) is 22.9 Å². The van der Waals surface area contributed by atoms with Crippen LogP contribution in [0.5, 0.6) is 0 Å². The number of hydrogen-bond acceptors (Lipinski definition) is 2. The first kappa shape index (κ1) is 14.6. The van der Waals surface area contributed by atoms with Gasteiger partial charge in [0.15, 0.2) is 0 Å². The molecule has 5 heteroatoms. The number of aromatic nitrogens is 2. The number of nitrogens with one attached hydrogen (secondary N) is 1. The molecule has 0 spiro atoms. The molecule has 1 aromatic carbocycles. The van der Waals surface area contributed by atoms with Crippen molar-refractivity contribution >= 4 is 28.4 Å². The standard InChI is InChI=1S/C17H16ClN3O/c1-21(9-6-12-4-7-19-8-5-12)17(22)15-11-20-16-3-2-13(18)10-14(15)16/h2-5,7-8,10-11,20H,6,9H2,1H3. The minimum Gasteiger partial charge on any atom is -0.360 e. The molecule has 3 rings (SSSR count). The SMILES string of the molecule is CN(CCc1ccncc1)C(=O)c1c[nH]c2ccc(Cl)cc12. The van der Waals surface area contributed by atoms with Gasteiger partial charge in [-0.25, -0.2) is 0 Å². The van der Waals surface area contributed by atoms with E-state index in [0.29, 0.717) is 17.1 Å². The second-order valence-corrected chi connectivity index (χ2v) is 5.66. The third-order valence-corrected chi connectivity index (χ3v) is 3.94. The molecule has 0 radical (unpaired) electrons. The lowest BCUT2D eigenvalue weighted by atomic mass is 10.1. The fourth-order valence-electron chi connectivity index (χ4n) is 2.42. The van der Waals surface area contributed by atoms with Gasteiger partial charge in [-0.15, -0.1) is 0 Å². The average molecular weight is 314 g/mol. The van der Waals surface area contributed by atoms with E-state index in [1.54, 1.807) is 23.5 Å². The highest BCUT2D eigenvalue weighted by Crippen LogP contribution is 2.23. The molecule has 0 atom stereocenters. The van der Waals surface area contributed by atoms with Crippen molar-refractivity contribution in [1.82, 2.24) is 14.9 Å². The Morgan fingerprint density at radius 3 is 2.82 bits per heavy atom. The van der Waals surface area contributed by atoms with Gasteiger partial charge in [-0.3, -0.25) is 9.78 Å². The Labute approximate surface area is 133 Å². The zero-order chi connectivity index (χ0) is 15.5. The lowest BCUT2D eigenvalue weighted by Gasteiger charge is -2.16. The Morgan fingerprint density at radius 1 is 1.27 bits per heavy atom. The van der Waals surface area contributed by atoms with Crippen molar-refractivity contribution in [2.75, 3.05) is 13.6 Å². The molecule has 2 heterocycles. The van der Waals surface area contributed by atoms with E-state index in [4.69, 9.17) is 11.6 Å². The first-order valence-electron chi connectivity index (χ1n) is 7.06. The maximum atomic E-state index is 12.6. The molecular formula is C17H16ClN3O. The Bertz CT molecular complexity index is 798. The summed E-state index contributed by atoms with van der Waals surface area (Å²) in [6.45, 7) is 0.649. The minimum atomic E-state index is -0.0115. The molecule has 1 N–H and O–H groups in total. The topological polar surface area (TPSA) is 49.0 Å². The van der Waals surface area contributed by atoms with Gasteiger partial charge < -0.3 is 9.88 Å². The summed E-state index contributed by atoms with van der Waals surface area (Å²) in [6, 6.07) is 9.43. The summed E-state index contributed by atoms with van der Waals surface area (Å²) >= 11 is 6.03. The van der Waals surface area contributed by atoms with Gasteiger partial charge in [-0.05, 0) is 42.3 Å². The number of aromatic amines is 1. The molecule has 3 aromatic rings. The van der Waals surface area contributed by atoms with Crippen molar-refractivity contribution < 1.29 is 4.79 Å². The number of halogens is 1. The summed E-state index contributed by atoms with van der Waals surface area (Å²) in [5.41, 5.74) is 2.72. The predicted molar refractivity (Wildman–Crippen MR) is 88.2 cm³/mol. The van der Waals surface area contributed by atoms with Crippen LogP contribution in [0.25, 0.3) is 10.9 Å². The molecule has 2 aromatic heterocycles. The number of pyridine rings is 1. The van der Waals surface area contributed by atoms with Gasteiger partial charge in [0.1, 0.15) is 0 Å². The van der Waals surface area contributed by atoms with E-state index in [-0.39, 0.29) is 5.91 Å². The fraction of sp³-hybridized carbons (Fsp3) is 0.176. The van der Waals surface area contributed by atoms with Gasteiger partial charge in [0.05, 0.1) is 5.56 Å². The van der Waals surface area contributed by atoms with Gasteiger partial charge in [-0.2, -0.15) is 0 Å². The van der Waals surface area contributed by atoms with Gasteiger partial charge >= 0.3 is 0 Å². The van der Waals surface area contributed by atoms with Crippen LogP contribution in [0, 0.1) is 0 Å². The minimum absolute atomic E-state index is 0.0115. The highest BCUT2D eigenvalue weighted by Gasteiger charge is 2.16. The van der Waals surface area contributed by atoms with Crippen LogP contribution in [0.1, 0.15) is 15.9 Å². The Kier molecular flexibility index (Phi) is 4.11. The number of nitrogens with zero attached hydrogens (tertiary/aromatic N) is 2. The zero-order valence-corrected chi connectivity index (χ0v) is 13.0. The van der Waals surface area contributed by atoms with Crippen LogP contribution in [0.4, 0.5) is 0 Å². The molecule has 1 amide bonds. The van der Waals surface area contributed by atoms with Gasteiger partial charge in [0, 0.05) is 48.1 Å². The molecule has 22 heavy (non-hydrogen) atoms. The number of benzene rings is 1. The Morgan fingerprint density at radius 2 is 2.05 bits per heavy atom. The normalized spacial score (nSPS) is 10.8. The second-order valence-electron chi connectivity index (χ2n) is 5.22. The summed E-state index contributed by atoms with van der Waals surface area (Å²) < 4.78 is 0. The molecule has 112 valence electrons. The van der Waals surface area contributed by atoms with Crippen molar-refractivity contribution in [3.05, 3.63) is 65.1 Å². The Hall–Kier alpha value is -2.33. The van der Waals surface area contributed by atoms with E-state index in [1.165, 1.54) is 0 Å². The summed E-state index contributed by atoms with van der Waals surface area (Å²) in [5, 5.41) is 1.48. The molecule has 0 saturated carbocycles. The number of fused-ring (bicyclic) bond motifs is 1. The van der Waals surface area contributed by atoms with E-state index >= 15 is 0 Å². The van der Waals surface area contributed by atoms with Crippen LogP contribution in [0.2, 0.25) is 5.02 Å². The van der Waals surface area contributed by atoms with Crippen molar-refractivity contribution in [1.29, 1.82) is 0 Å². The summed E-state index contributed by atoms with van der Waals surface area (Å²) in [7, 11) is 1.81. The largest absolute Gasteiger partial charge is 0.360 e. The number of amides is 1. The van der Waals surface area contributed by atoms with Crippen LogP contribution in [-0.2, 0) is 6.42 Å². The quantitative estimate of drug-likeness (QED) is 0.801. The lowest BCUT2D eigenvalue weighted by Crippen LogP contribution is -2.28. The average Bonchev–Trinajstić information content (AvgIpc) is 2.95. The van der Waals surface area contributed by atoms with Gasteiger partial charge in [-0.1, -0.05) is 11.6 Å². The van der Waals surface area contributed by atoms with Crippen molar-refractivity contribution in [2.24, 2.45) is 0 Å². The maximum absolute atomic E-state index is 12.6. The Balaban J connectivity index is 1.76. The summed E-state index contributed by atoms with van der Waals surface area (Å²) in [6.07, 6.45) is 6.07. The fourth-order valence-corrected chi connectivity index (χ4v) is 2.60. The van der Waals surface area contributed by atoms with Crippen molar-refractivity contribution in [3.8, 4) is 0 Å². The van der Waals surface area contributed by atoms with Crippen LogP contribution in [0.3, 0.4) is 0 Å². The van der Waals surface area contributed by atoms with E-state index in [9.17, 15) is 4.79 Å². The van der Waals surface area contributed by atoms with E-state index in [1.807, 2.05) is 37.4 Å². The molecule has 0 aliphatic carbocycles. The van der Waals surface area contributed by atoms with E-state index < -0.39 is 0 Å². The monoisotopic (exact) mass is 313 g/mol. The molecular weight excluding hydrogens is 298 g/mol. The van der Waals surface area contributed by atoms with Crippen LogP contribution < -0.4 is 0 Å². The molecule has 0 aliphatic rings. The highest BCUT2D eigenvalue weighted by molar-refractivity contribution is 6.31. The van der Waals surface area contributed by atoms with Crippen molar-refractivity contribution in [2.45, 2.75) is 6.42 Å². The number of likely N-dealkylation sites (N-methyl/N-ethyl adjacent to an activating group) is 1. The molecule has 0 bridgehead atoms. The predicted octanol–water partition coefficient (Wildman–Crippen LogP) is 3.53. The smallest absolute Gasteiger partial charge is 0.255 e. The van der Waals surface area contributed by atoms with Gasteiger partial charge in [0.25, 0.3) is 5.91 Å². The molecule has 0 aliphatic heterocycles. The second kappa shape index (κ2) is 6.20. The highest BCUT2D eigenvalue weighted by atomic mass is 35.5. The number of H-pyrrole nitrogens is 1. The zero-order valence-electron chi connectivity index (χ0n) is 12.2. The lowest BCUT2D eigenvalue weighted by molar-refractivity contribution is 0.0798. The third-order valence-electron chi connectivity index (χ3n) is 3.71. The van der Waals surface area contributed by atoms with E-state index in [2.05, 4.69) is 9.97 Å². The number of carbonyl (C=O) groups excluding carboxylic acids is 1. The summed E-state index contributed by atoms with van der Waals surface area (Å²) in [4.78, 5) is 21.4. The number of rotatable bonds is 4. The molecule has 4 nitrogen and oxygen atoms in total. The molecule has 0 saturated heterocycles. The molecule has 0 fully saturated rings. The number of carbonyl (C=O) groups is 1. The third kappa shape index (κ3) is 2.97. The van der Waals surface area contributed by atoms with Crippen molar-refractivity contribution in [3.63, 3.8) is 0 Å². The van der Waals surface area contributed by atoms with Gasteiger partial charge in [0.2, 0.25) is 0 Å². The number of hydrogen-bond donors (Lipinski definition) is 1. The first-order valence-corrected chi connectivity index (χ1v) is 7.44. The van der Waals surface area contributed by atoms with Crippen LogP contribution >= 0.6 is 11.6 Å². The first-order chi connectivity index (χ1) is 10.6. The summed E-state index contributed by atoms with van der Waals surface area (Å²) in [5.74, 6) is -0.0115. The van der Waals surface area contributed by atoms with Crippen LogP contribution in [0.15, 0.2) is 48.9 Å². The maximum Gasteiger partial charge on any atom is 0.255 e. The van der Waals surface area contributed by atoms with Crippen LogP contribution in [-0.4, -0.2) is 34.4 Å². The molecule has 0 unspecified atom stereocenters.